The molecule has 0 spiro atoms. The summed E-state index contributed by atoms with van der Waals surface area (Å²) in [5.74, 6) is 0. The molecule has 58 heavy (non-hydrogen) atoms. The molecule has 8 aromatic rings. The summed E-state index contributed by atoms with van der Waals surface area (Å²) in [6.45, 7) is 0. The van der Waals surface area contributed by atoms with Gasteiger partial charge in [-0.2, -0.15) is 0 Å². The Morgan fingerprint density at radius 1 is 0.345 bits per heavy atom. The minimum absolute atomic E-state index is 0.442. The zero-order valence-corrected chi connectivity index (χ0v) is 32.1. The largest absolute Gasteiger partial charge is 0.0716 e. The average Bonchev–Trinajstić information content (AvgIpc) is 3.63. The van der Waals surface area contributed by atoms with Gasteiger partial charge in [-0.05, 0) is 131 Å². The molecule has 0 amide bonds. The van der Waals surface area contributed by atoms with Crippen molar-refractivity contribution in [3.63, 3.8) is 0 Å². The first-order valence-electron chi connectivity index (χ1n) is 20.3. The Kier molecular flexibility index (Phi) is 8.23. The first-order chi connectivity index (χ1) is 28.7. The Hall–Kier alpha value is -7.28. The Balaban J connectivity index is 0.993. The van der Waals surface area contributed by atoms with Crippen LogP contribution in [0.25, 0.3) is 61.2 Å². The number of allylic oxidation sites excluding steroid dienone is 7. The number of rotatable bonds is 7. The van der Waals surface area contributed by atoms with Gasteiger partial charge in [0.2, 0.25) is 0 Å². The Bertz CT molecular complexity index is 2990. The van der Waals surface area contributed by atoms with Gasteiger partial charge in [0.25, 0.3) is 0 Å². The number of fused-ring (bicyclic) bond motifs is 2. The minimum Gasteiger partial charge on any atom is -0.0716 e. The van der Waals surface area contributed by atoms with E-state index in [9.17, 15) is 0 Å². The second-order valence-electron chi connectivity index (χ2n) is 15.6. The molecule has 0 N–H and O–H groups in total. The van der Waals surface area contributed by atoms with Gasteiger partial charge in [0, 0.05) is 0 Å². The summed E-state index contributed by atoms with van der Waals surface area (Å²) in [5.41, 5.74) is 22.6. The summed E-state index contributed by atoms with van der Waals surface area (Å²) in [5, 5.41) is 0. The van der Waals surface area contributed by atoms with Crippen molar-refractivity contribution >= 4 is 16.7 Å². The number of benzene rings is 8. The van der Waals surface area contributed by atoms with Crippen molar-refractivity contribution in [1.29, 1.82) is 0 Å². The van der Waals surface area contributed by atoms with Gasteiger partial charge < -0.3 is 0 Å². The highest BCUT2D eigenvalue weighted by molar-refractivity contribution is 6.09. The maximum atomic E-state index is 2.55. The molecule has 0 aliphatic heterocycles. The van der Waals surface area contributed by atoms with E-state index in [1.165, 1.54) is 100 Å². The molecule has 11 rings (SSSR count). The van der Waals surface area contributed by atoms with Gasteiger partial charge in [0.15, 0.2) is 0 Å². The van der Waals surface area contributed by atoms with Crippen LogP contribution in [0.15, 0.2) is 236 Å². The summed E-state index contributed by atoms with van der Waals surface area (Å²) >= 11 is 0. The van der Waals surface area contributed by atoms with E-state index in [4.69, 9.17) is 0 Å². The second kappa shape index (κ2) is 14.0. The van der Waals surface area contributed by atoms with E-state index in [1.54, 1.807) is 0 Å². The van der Waals surface area contributed by atoms with E-state index in [0.29, 0.717) is 0 Å². The van der Waals surface area contributed by atoms with Crippen LogP contribution >= 0.6 is 0 Å². The summed E-state index contributed by atoms with van der Waals surface area (Å²) in [6.07, 6.45) is 10.8. The SMILES string of the molecule is C1=CC(c2ccccc2)(c2cccc(-c3cccc(-c4ccccc4)c3)c2)C=C2C1=C1CC=C(c3cccc(-c4cccc(-c5ccccc5)c4)c3)c3cccc2c31. The third-order valence-corrected chi connectivity index (χ3v) is 12.3. The van der Waals surface area contributed by atoms with Crippen LogP contribution in [0.1, 0.15) is 39.8 Å². The maximum Gasteiger partial charge on any atom is 0.0575 e. The molecule has 8 aromatic carbocycles. The number of hydrogen-bond donors (Lipinski definition) is 0. The molecule has 3 aliphatic rings. The second-order valence-corrected chi connectivity index (χ2v) is 15.6. The molecule has 0 bridgehead atoms. The lowest BCUT2D eigenvalue weighted by molar-refractivity contribution is 0.811. The van der Waals surface area contributed by atoms with Crippen LogP contribution in [-0.4, -0.2) is 0 Å². The highest BCUT2D eigenvalue weighted by Crippen LogP contribution is 2.54. The smallest absolute Gasteiger partial charge is 0.0575 e. The minimum atomic E-state index is -0.442. The average molecular weight is 737 g/mol. The molecule has 0 heteroatoms. The molecule has 3 aliphatic carbocycles. The molecule has 0 saturated heterocycles. The van der Waals surface area contributed by atoms with Crippen molar-refractivity contribution in [3.05, 3.63) is 270 Å². The zero-order chi connectivity index (χ0) is 38.5. The van der Waals surface area contributed by atoms with Crippen molar-refractivity contribution in [3.8, 4) is 44.5 Å². The van der Waals surface area contributed by atoms with Crippen molar-refractivity contribution < 1.29 is 0 Å². The number of hydrogen-bond acceptors (Lipinski definition) is 0. The molecular weight excluding hydrogens is 697 g/mol. The summed E-state index contributed by atoms with van der Waals surface area (Å²) in [7, 11) is 0. The van der Waals surface area contributed by atoms with Gasteiger partial charge in [-0.25, -0.2) is 0 Å². The van der Waals surface area contributed by atoms with E-state index >= 15 is 0 Å². The highest BCUT2D eigenvalue weighted by Gasteiger charge is 2.38. The molecular formula is C58H40. The van der Waals surface area contributed by atoms with E-state index in [-0.39, 0.29) is 0 Å². The predicted molar refractivity (Wildman–Crippen MR) is 244 cm³/mol. The van der Waals surface area contributed by atoms with Gasteiger partial charge in [-0.15, -0.1) is 0 Å². The van der Waals surface area contributed by atoms with Crippen LogP contribution in [-0.2, 0) is 5.41 Å². The van der Waals surface area contributed by atoms with E-state index in [2.05, 4.69) is 231 Å². The van der Waals surface area contributed by atoms with Crippen LogP contribution in [0.4, 0.5) is 0 Å². The van der Waals surface area contributed by atoms with Gasteiger partial charge in [0.05, 0.1) is 5.41 Å². The topological polar surface area (TPSA) is 0 Å². The van der Waals surface area contributed by atoms with Crippen LogP contribution in [0.3, 0.4) is 0 Å². The maximum absolute atomic E-state index is 2.55. The molecule has 1 atom stereocenters. The summed E-state index contributed by atoms with van der Waals surface area (Å²) < 4.78 is 0. The van der Waals surface area contributed by atoms with Crippen LogP contribution < -0.4 is 0 Å². The lowest BCUT2D eigenvalue weighted by Crippen LogP contribution is -2.25. The van der Waals surface area contributed by atoms with Gasteiger partial charge in [-0.1, -0.05) is 206 Å². The van der Waals surface area contributed by atoms with Crippen LogP contribution in [0.2, 0.25) is 0 Å². The molecule has 0 heterocycles. The van der Waals surface area contributed by atoms with Crippen molar-refractivity contribution in [2.24, 2.45) is 0 Å². The first kappa shape index (κ1) is 34.0. The monoisotopic (exact) mass is 736 g/mol. The fourth-order valence-electron chi connectivity index (χ4n) is 9.48. The standard InChI is InChI=1S/C58H40/c1-4-15-40(16-5-1)42-19-10-21-44(35-42)46-23-12-25-48(37-46)51-31-32-55-52-33-34-58(49-26-8-3-9-27-49,39-56(52)54-30-14-29-53(51)57(54)55)50-28-13-24-47(38-50)45-22-11-20-43(36-45)41-17-6-2-7-18-41/h1-31,33-39H,32H2. The molecule has 272 valence electrons. The Morgan fingerprint density at radius 3 is 1.38 bits per heavy atom. The van der Waals surface area contributed by atoms with E-state index in [0.717, 1.165) is 6.42 Å². The highest BCUT2D eigenvalue weighted by atomic mass is 14.4. The zero-order valence-electron chi connectivity index (χ0n) is 32.1. The third-order valence-electron chi connectivity index (χ3n) is 12.3. The van der Waals surface area contributed by atoms with Gasteiger partial charge >= 0.3 is 0 Å². The van der Waals surface area contributed by atoms with E-state index in [1.807, 2.05) is 0 Å². The van der Waals surface area contributed by atoms with Crippen molar-refractivity contribution in [2.75, 3.05) is 0 Å². The van der Waals surface area contributed by atoms with E-state index < -0.39 is 5.41 Å². The van der Waals surface area contributed by atoms with Crippen LogP contribution in [0, 0.1) is 0 Å². The Labute approximate surface area is 341 Å². The fraction of sp³-hybridized carbons (Fsp3) is 0.0345. The summed E-state index contributed by atoms with van der Waals surface area (Å²) in [4.78, 5) is 0. The fourth-order valence-corrected chi connectivity index (χ4v) is 9.48. The molecule has 0 aromatic heterocycles. The molecule has 0 saturated carbocycles. The normalized spacial score (nSPS) is 16.3. The lowest BCUT2D eigenvalue weighted by Gasteiger charge is -2.33. The molecule has 0 nitrogen and oxygen atoms in total. The summed E-state index contributed by atoms with van der Waals surface area (Å²) in [6, 6.07) is 75.4. The van der Waals surface area contributed by atoms with Gasteiger partial charge in [0.1, 0.15) is 0 Å². The lowest BCUT2D eigenvalue weighted by atomic mass is 9.69. The Morgan fingerprint density at radius 2 is 0.776 bits per heavy atom. The molecule has 0 radical (unpaired) electrons. The van der Waals surface area contributed by atoms with Gasteiger partial charge in [-0.3, -0.25) is 0 Å². The first-order valence-corrected chi connectivity index (χ1v) is 20.3. The molecule has 1 unspecified atom stereocenters. The van der Waals surface area contributed by atoms with Crippen molar-refractivity contribution in [2.45, 2.75) is 11.8 Å². The quantitative estimate of drug-likeness (QED) is 0.153. The third kappa shape index (κ3) is 5.77. The van der Waals surface area contributed by atoms with Crippen LogP contribution in [0.5, 0.6) is 0 Å². The molecule has 0 fully saturated rings. The van der Waals surface area contributed by atoms with Crippen molar-refractivity contribution in [1.82, 2.24) is 0 Å². The predicted octanol–water partition coefficient (Wildman–Crippen LogP) is 14.9.